The highest BCUT2D eigenvalue weighted by atomic mass is 16.5. The highest BCUT2D eigenvalue weighted by Gasteiger charge is 2.23. The van der Waals surface area contributed by atoms with Crippen LogP contribution in [0.15, 0.2) is 21.3 Å². The van der Waals surface area contributed by atoms with Crippen LogP contribution in [0, 0.1) is 0 Å². The minimum Gasteiger partial charge on any atom is -0.507 e. The van der Waals surface area contributed by atoms with Crippen LogP contribution in [0.3, 0.4) is 0 Å². The van der Waals surface area contributed by atoms with Gasteiger partial charge in [-0.05, 0) is 26.2 Å². The molecule has 0 aliphatic carbocycles. The van der Waals surface area contributed by atoms with E-state index in [0.29, 0.717) is 41.0 Å². The average molecular weight is 317 g/mol. The topological polar surface area (TPSA) is 71.7 Å². The summed E-state index contributed by atoms with van der Waals surface area (Å²) in [5.41, 5.74) is 1.34. The quantitative estimate of drug-likeness (QED) is 0.648. The minimum atomic E-state index is -0.338. The molecule has 2 heterocycles. The molecule has 1 aliphatic heterocycles. The van der Waals surface area contributed by atoms with Gasteiger partial charge in [0.2, 0.25) is 0 Å². The molecule has 2 N–H and O–H groups in total. The molecular weight excluding hydrogens is 294 g/mol. The van der Waals surface area contributed by atoms with Crippen molar-refractivity contribution in [3.8, 4) is 11.5 Å². The Morgan fingerprint density at radius 1 is 1.39 bits per heavy atom. The zero-order valence-electron chi connectivity index (χ0n) is 13.6. The van der Waals surface area contributed by atoms with Crippen LogP contribution in [0.25, 0.3) is 11.0 Å². The van der Waals surface area contributed by atoms with Crippen molar-refractivity contribution in [3.63, 3.8) is 0 Å². The van der Waals surface area contributed by atoms with Crippen LogP contribution < -0.4 is 15.7 Å². The predicted octanol–water partition coefficient (Wildman–Crippen LogP) is 3.81. The summed E-state index contributed by atoms with van der Waals surface area (Å²) in [4.78, 5) is 12.2. The maximum absolute atomic E-state index is 12.2. The van der Waals surface area contributed by atoms with Crippen molar-refractivity contribution >= 4 is 16.7 Å². The molecule has 2 aromatic rings. The number of phenolic OH excluding ortho intramolecular Hbond substituents is 1. The highest BCUT2D eigenvalue weighted by Crippen LogP contribution is 2.38. The molecule has 0 bridgehead atoms. The Kier molecular flexibility index (Phi) is 4.46. The van der Waals surface area contributed by atoms with Gasteiger partial charge in [-0.25, -0.2) is 4.79 Å². The number of hydrogen-bond acceptors (Lipinski definition) is 5. The van der Waals surface area contributed by atoms with Gasteiger partial charge in [0.1, 0.15) is 17.1 Å². The Morgan fingerprint density at radius 2 is 2.22 bits per heavy atom. The van der Waals surface area contributed by atoms with Crippen molar-refractivity contribution in [1.82, 2.24) is 0 Å². The van der Waals surface area contributed by atoms with Crippen molar-refractivity contribution < 1.29 is 14.3 Å². The summed E-state index contributed by atoms with van der Waals surface area (Å²) < 4.78 is 11.1. The molecule has 0 spiro atoms. The third-order valence-electron chi connectivity index (χ3n) is 4.29. The van der Waals surface area contributed by atoms with E-state index in [9.17, 15) is 9.90 Å². The third kappa shape index (κ3) is 3.14. The van der Waals surface area contributed by atoms with E-state index in [1.807, 2.05) is 0 Å². The standard InChI is InChI=1S/C18H23NO4/c1-3-4-5-8-22-12-9-14(20)16-15(10-12)23-18(21)13-7-6-11(2)19-17(13)16/h9-11,19-20H,3-8H2,1-2H3. The Hall–Kier alpha value is -2.17. The van der Waals surface area contributed by atoms with E-state index in [1.165, 1.54) is 0 Å². The zero-order valence-corrected chi connectivity index (χ0v) is 13.6. The molecule has 0 fully saturated rings. The van der Waals surface area contributed by atoms with Crippen molar-refractivity contribution in [1.29, 1.82) is 0 Å². The number of hydrogen-bond donors (Lipinski definition) is 2. The van der Waals surface area contributed by atoms with Crippen LogP contribution in [-0.4, -0.2) is 17.8 Å². The third-order valence-corrected chi connectivity index (χ3v) is 4.29. The number of nitrogens with one attached hydrogen (secondary N) is 1. The van der Waals surface area contributed by atoms with Gasteiger partial charge in [-0.1, -0.05) is 19.8 Å². The van der Waals surface area contributed by atoms with Crippen molar-refractivity contribution in [2.45, 2.75) is 52.0 Å². The second-order valence-electron chi connectivity index (χ2n) is 6.20. The van der Waals surface area contributed by atoms with E-state index in [1.54, 1.807) is 12.1 Å². The Labute approximate surface area is 135 Å². The summed E-state index contributed by atoms with van der Waals surface area (Å²) in [6.45, 7) is 4.78. The van der Waals surface area contributed by atoms with Gasteiger partial charge in [0.25, 0.3) is 0 Å². The number of phenols is 1. The Bertz CT molecular complexity index is 766. The lowest BCUT2D eigenvalue weighted by Gasteiger charge is -2.24. The average Bonchev–Trinajstić information content (AvgIpc) is 2.51. The van der Waals surface area contributed by atoms with Crippen LogP contribution in [0.4, 0.5) is 5.69 Å². The fourth-order valence-corrected chi connectivity index (χ4v) is 3.01. The number of anilines is 1. The molecule has 5 heteroatoms. The van der Waals surface area contributed by atoms with Crippen molar-refractivity contribution in [2.75, 3.05) is 11.9 Å². The SMILES string of the molecule is CCCCCOc1cc(O)c2c3c(c(=O)oc2c1)CCC(C)N3. The van der Waals surface area contributed by atoms with Crippen LogP contribution in [0.5, 0.6) is 11.5 Å². The molecule has 0 saturated carbocycles. The minimum absolute atomic E-state index is 0.0783. The van der Waals surface area contributed by atoms with E-state index < -0.39 is 0 Å². The fourth-order valence-electron chi connectivity index (χ4n) is 3.01. The second-order valence-corrected chi connectivity index (χ2v) is 6.20. The smallest absolute Gasteiger partial charge is 0.341 e. The first-order chi connectivity index (χ1) is 11.1. The van der Waals surface area contributed by atoms with E-state index in [0.717, 1.165) is 25.7 Å². The van der Waals surface area contributed by atoms with Gasteiger partial charge in [0, 0.05) is 18.2 Å². The summed E-state index contributed by atoms with van der Waals surface area (Å²) in [6, 6.07) is 3.54. The first-order valence-electron chi connectivity index (χ1n) is 8.32. The first kappa shape index (κ1) is 15.7. The molecule has 3 rings (SSSR count). The lowest BCUT2D eigenvalue weighted by Crippen LogP contribution is -2.26. The number of fused-ring (bicyclic) bond motifs is 3. The fraction of sp³-hybridized carbons (Fsp3) is 0.500. The first-order valence-corrected chi connectivity index (χ1v) is 8.32. The normalized spacial score (nSPS) is 16.9. The Morgan fingerprint density at radius 3 is 3.00 bits per heavy atom. The van der Waals surface area contributed by atoms with E-state index in [4.69, 9.17) is 9.15 Å². The number of aromatic hydroxyl groups is 1. The number of unbranched alkanes of at least 4 members (excludes halogenated alkanes) is 2. The molecular formula is C18H23NO4. The lowest BCUT2D eigenvalue weighted by molar-refractivity contribution is 0.304. The molecule has 23 heavy (non-hydrogen) atoms. The molecule has 5 nitrogen and oxygen atoms in total. The maximum Gasteiger partial charge on any atom is 0.341 e. The number of benzene rings is 1. The molecule has 1 aliphatic rings. The van der Waals surface area contributed by atoms with Crippen LogP contribution in [0.1, 0.15) is 45.1 Å². The second kappa shape index (κ2) is 6.52. The Balaban J connectivity index is 2.00. The molecule has 1 aromatic carbocycles. The summed E-state index contributed by atoms with van der Waals surface area (Å²) in [6.07, 6.45) is 4.72. The van der Waals surface area contributed by atoms with Crippen molar-refractivity contribution in [2.24, 2.45) is 0 Å². The van der Waals surface area contributed by atoms with E-state index in [-0.39, 0.29) is 17.4 Å². The molecule has 0 radical (unpaired) electrons. The predicted molar refractivity (Wildman–Crippen MR) is 90.6 cm³/mol. The van der Waals surface area contributed by atoms with Gasteiger partial charge in [0.15, 0.2) is 0 Å². The van der Waals surface area contributed by atoms with E-state index in [2.05, 4.69) is 19.2 Å². The van der Waals surface area contributed by atoms with Gasteiger partial charge in [0.05, 0.1) is 23.2 Å². The molecule has 1 unspecified atom stereocenters. The molecule has 1 atom stereocenters. The van der Waals surface area contributed by atoms with Crippen LogP contribution >= 0.6 is 0 Å². The zero-order chi connectivity index (χ0) is 16.4. The molecule has 0 saturated heterocycles. The lowest BCUT2D eigenvalue weighted by atomic mass is 9.98. The summed E-state index contributed by atoms with van der Waals surface area (Å²) in [7, 11) is 0. The van der Waals surface area contributed by atoms with Gasteiger partial charge >= 0.3 is 5.63 Å². The van der Waals surface area contributed by atoms with Gasteiger partial charge < -0.3 is 19.6 Å². The summed E-state index contributed by atoms with van der Waals surface area (Å²) >= 11 is 0. The van der Waals surface area contributed by atoms with Crippen LogP contribution in [-0.2, 0) is 6.42 Å². The maximum atomic E-state index is 12.2. The monoisotopic (exact) mass is 317 g/mol. The van der Waals surface area contributed by atoms with E-state index >= 15 is 0 Å². The summed E-state index contributed by atoms with van der Waals surface area (Å²) in [5, 5.41) is 14.3. The molecule has 0 amide bonds. The number of rotatable bonds is 5. The molecule has 124 valence electrons. The van der Waals surface area contributed by atoms with Gasteiger partial charge in [-0.3, -0.25) is 0 Å². The summed E-state index contributed by atoms with van der Waals surface area (Å²) in [5.74, 6) is 0.604. The molecule has 1 aromatic heterocycles. The van der Waals surface area contributed by atoms with Gasteiger partial charge in [-0.15, -0.1) is 0 Å². The number of ether oxygens (including phenoxy) is 1. The highest BCUT2D eigenvalue weighted by molar-refractivity contribution is 5.97. The van der Waals surface area contributed by atoms with Crippen molar-refractivity contribution in [3.05, 3.63) is 28.1 Å². The van der Waals surface area contributed by atoms with Gasteiger partial charge in [-0.2, -0.15) is 0 Å². The van der Waals surface area contributed by atoms with Crippen LogP contribution in [0.2, 0.25) is 0 Å². The largest absolute Gasteiger partial charge is 0.507 e.